The lowest BCUT2D eigenvalue weighted by molar-refractivity contribution is 0.405. The molecule has 0 radical (unpaired) electrons. The summed E-state index contributed by atoms with van der Waals surface area (Å²) in [6, 6.07) is 52.4. The summed E-state index contributed by atoms with van der Waals surface area (Å²) in [7, 11) is 0. The van der Waals surface area contributed by atoms with Gasteiger partial charge >= 0.3 is 0 Å². The molecular formula is C46H37N5S2. The lowest BCUT2D eigenvalue weighted by Gasteiger charge is -2.36. The highest BCUT2D eigenvalue weighted by Gasteiger charge is 2.29. The van der Waals surface area contributed by atoms with Gasteiger partial charge in [0.1, 0.15) is 11.6 Å². The second-order valence-electron chi connectivity index (χ2n) is 14.0. The number of rotatable bonds is 8. The molecule has 0 saturated heterocycles. The Balaban J connectivity index is 1.16. The maximum Gasteiger partial charge on any atom is 0.119 e. The lowest BCUT2D eigenvalue weighted by atomic mass is 10.1. The molecule has 0 bridgehead atoms. The second-order valence-corrected chi connectivity index (χ2v) is 16.2. The molecule has 0 fully saturated rings. The van der Waals surface area contributed by atoms with E-state index in [1.54, 1.807) is 0 Å². The van der Waals surface area contributed by atoms with Gasteiger partial charge in [0.2, 0.25) is 0 Å². The molecule has 0 N–H and O–H groups in total. The van der Waals surface area contributed by atoms with Gasteiger partial charge in [-0.3, -0.25) is 19.8 Å². The van der Waals surface area contributed by atoms with E-state index < -0.39 is 0 Å². The number of thiophene rings is 2. The van der Waals surface area contributed by atoms with Crippen molar-refractivity contribution in [2.75, 3.05) is 9.80 Å². The highest BCUT2D eigenvalue weighted by Crippen LogP contribution is 2.46. The highest BCUT2D eigenvalue weighted by molar-refractivity contribution is 7.22. The first-order valence-corrected chi connectivity index (χ1v) is 19.3. The first-order chi connectivity index (χ1) is 25.9. The van der Waals surface area contributed by atoms with E-state index in [4.69, 9.17) is 0 Å². The zero-order valence-corrected chi connectivity index (χ0v) is 31.4. The fourth-order valence-corrected chi connectivity index (χ4v) is 9.20. The summed E-state index contributed by atoms with van der Waals surface area (Å²) in [5.41, 5.74) is 6.33. The van der Waals surface area contributed by atoms with Gasteiger partial charge in [-0.15, -0.1) is 22.7 Å². The molecule has 0 spiro atoms. The topological polar surface area (TPSA) is 37.2 Å². The maximum atomic E-state index is 4.37. The minimum atomic E-state index is -0.293. The van der Waals surface area contributed by atoms with Crippen LogP contribution in [-0.4, -0.2) is 14.5 Å². The summed E-state index contributed by atoms with van der Waals surface area (Å²) in [5, 5.41) is 2.55. The van der Waals surface area contributed by atoms with Gasteiger partial charge in [0.15, 0.2) is 0 Å². The summed E-state index contributed by atoms with van der Waals surface area (Å²) in [6.45, 7) is 6.81. The molecule has 7 heteroatoms. The van der Waals surface area contributed by atoms with Crippen molar-refractivity contribution in [3.8, 4) is 20.9 Å². The van der Waals surface area contributed by atoms with E-state index in [0.29, 0.717) is 0 Å². The molecule has 0 aliphatic carbocycles. The fraction of sp³-hybridized carbons (Fsp3) is 0.0870. The van der Waals surface area contributed by atoms with Gasteiger partial charge < -0.3 is 4.57 Å². The van der Waals surface area contributed by atoms with Gasteiger partial charge in [-0.05, 0) is 128 Å². The molecule has 5 aromatic heterocycles. The van der Waals surface area contributed by atoms with E-state index in [-0.39, 0.29) is 5.54 Å². The van der Waals surface area contributed by atoms with Crippen LogP contribution >= 0.6 is 22.7 Å². The molecule has 258 valence electrons. The van der Waals surface area contributed by atoms with Crippen molar-refractivity contribution < 1.29 is 0 Å². The number of benzene rings is 4. The predicted molar refractivity (Wildman–Crippen MR) is 226 cm³/mol. The van der Waals surface area contributed by atoms with Gasteiger partial charge in [-0.2, -0.15) is 0 Å². The Kier molecular flexibility index (Phi) is 8.38. The lowest BCUT2D eigenvalue weighted by Crippen LogP contribution is -2.29. The van der Waals surface area contributed by atoms with Gasteiger partial charge in [0.05, 0.1) is 11.4 Å². The number of nitrogens with zero attached hydrogens (tertiary/aromatic N) is 5. The van der Waals surface area contributed by atoms with E-state index in [9.17, 15) is 0 Å². The van der Waals surface area contributed by atoms with Crippen LogP contribution in [0.5, 0.6) is 0 Å². The summed E-state index contributed by atoms with van der Waals surface area (Å²) in [6.07, 6.45) is 7.45. The van der Waals surface area contributed by atoms with Crippen LogP contribution in [0.15, 0.2) is 170 Å². The van der Waals surface area contributed by atoms with Crippen LogP contribution < -0.4 is 9.80 Å². The average molecular weight is 724 g/mol. The molecule has 9 aromatic rings. The first kappa shape index (κ1) is 32.9. The molecule has 5 heterocycles. The average Bonchev–Trinajstić information content (AvgIpc) is 3.94. The standard InChI is InChI=1S/C46H37N5S2/c1-46(2,3)51-44(49(38-22-26-47-27-23-38)36-16-12-32(13-17-36)42-30-34-8-4-6-10-40(34)52-42)20-21-45(51)50(39-24-28-48-29-25-39)37-18-14-33(15-19-37)43-31-35-9-5-7-11-41(35)53-43/h4-31H,1-3H3. The number of hydrogen-bond donors (Lipinski definition) is 0. The molecule has 9 rings (SSSR count). The Bertz CT molecular complexity index is 2410. The highest BCUT2D eigenvalue weighted by atomic mass is 32.1. The molecule has 0 aliphatic heterocycles. The van der Waals surface area contributed by atoms with Crippen LogP contribution in [0.4, 0.5) is 34.4 Å². The summed E-state index contributed by atoms with van der Waals surface area (Å²) in [4.78, 5) is 15.9. The van der Waals surface area contributed by atoms with Crippen LogP contribution in [0.1, 0.15) is 20.8 Å². The summed E-state index contributed by atoms with van der Waals surface area (Å²) < 4.78 is 5.04. The van der Waals surface area contributed by atoms with Crippen molar-refractivity contribution in [1.82, 2.24) is 14.5 Å². The van der Waals surface area contributed by atoms with E-state index in [0.717, 1.165) is 34.4 Å². The smallest absolute Gasteiger partial charge is 0.119 e. The Hall–Kier alpha value is -6.02. The Morgan fingerprint density at radius 1 is 0.453 bits per heavy atom. The maximum absolute atomic E-state index is 4.37. The van der Waals surface area contributed by atoms with Crippen molar-refractivity contribution in [3.63, 3.8) is 0 Å². The number of fused-ring (bicyclic) bond motifs is 2. The molecule has 0 atom stereocenters. The fourth-order valence-electron chi connectivity index (χ4n) is 7.06. The number of pyridine rings is 2. The first-order valence-electron chi connectivity index (χ1n) is 17.7. The summed E-state index contributed by atoms with van der Waals surface area (Å²) >= 11 is 3.66. The summed E-state index contributed by atoms with van der Waals surface area (Å²) in [5.74, 6) is 2.10. The van der Waals surface area contributed by atoms with Gasteiger partial charge in [0, 0.05) is 60.9 Å². The van der Waals surface area contributed by atoms with E-state index >= 15 is 0 Å². The van der Waals surface area contributed by atoms with Crippen molar-refractivity contribution in [2.45, 2.75) is 26.3 Å². The number of anilines is 6. The molecule has 0 unspecified atom stereocenters. The Labute approximate surface area is 317 Å². The third kappa shape index (κ3) is 6.28. The van der Waals surface area contributed by atoms with E-state index in [1.807, 2.05) is 47.5 Å². The van der Waals surface area contributed by atoms with Crippen molar-refractivity contribution in [3.05, 3.63) is 170 Å². The van der Waals surface area contributed by atoms with Gasteiger partial charge in [-0.25, -0.2) is 0 Å². The molecule has 4 aromatic carbocycles. The molecule has 0 aliphatic rings. The minimum Gasteiger partial charge on any atom is -0.308 e. The molecule has 5 nitrogen and oxygen atoms in total. The van der Waals surface area contributed by atoms with Crippen LogP contribution in [-0.2, 0) is 5.54 Å². The number of hydrogen-bond acceptors (Lipinski definition) is 6. The normalized spacial score (nSPS) is 11.7. The Morgan fingerprint density at radius 3 is 1.21 bits per heavy atom. The molecule has 0 amide bonds. The van der Waals surface area contributed by atoms with Crippen LogP contribution in [0.2, 0.25) is 0 Å². The molecule has 53 heavy (non-hydrogen) atoms. The van der Waals surface area contributed by atoms with E-state index in [2.05, 4.69) is 191 Å². The van der Waals surface area contributed by atoms with Crippen molar-refractivity contribution >= 4 is 77.2 Å². The minimum absolute atomic E-state index is 0.293. The zero-order valence-electron chi connectivity index (χ0n) is 29.7. The van der Waals surface area contributed by atoms with Crippen LogP contribution in [0, 0.1) is 0 Å². The van der Waals surface area contributed by atoms with Gasteiger partial charge in [-0.1, -0.05) is 60.7 Å². The largest absolute Gasteiger partial charge is 0.308 e. The van der Waals surface area contributed by atoms with Crippen molar-refractivity contribution in [1.29, 1.82) is 0 Å². The van der Waals surface area contributed by atoms with Crippen LogP contribution in [0.3, 0.4) is 0 Å². The van der Waals surface area contributed by atoms with Gasteiger partial charge in [0.25, 0.3) is 0 Å². The second kappa shape index (κ2) is 13.5. The zero-order chi connectivity index (χ0) is 35.9. The SMILES string of the molecule is CC(C)(C)n1c(N(c2ccncc2)c2ccc(-c3cc4ccccc4s3)cc2)ccc1N(c1ccncc1)c1ccc(-c2cc3ccccc3s2)cc1. The third-order valence-electron chi connectivity index (χ3n) is 9.48. The molecule has 0 saturated carbocycles. The predicted octanol–water partition coefficient (Wildman–Crippen LogP) is 13.7. The Morgan fingerprint density at radius 2 is 0.830 bits per heavy atom. The third-order valence-corrected chi connectivity index (χ3v) is 11.8. The van der Waals surface area contributed by atoms with Crippen molar-refractivity contribution in [2.24, 2.45) is 0 Å². The van der Waals surface area contributed by atoms with Crippen LogP contribution in [0.25, 0.3) is 41.1 Å². The monoisotopic (exact) mass is 723 g/mol. The quantitative estimate of drug-likeness (QED) is 0.156. The van der Waals surface area contributed by atoms with E-state index in [1.165, 1.54) is 41.1 Å². The molecular weight excluding hydrogens is 687 g/mol. The number of aromatic nitrogens is 3.